The second-order valence-electron chi connectivity index (χ2n) is 5.82. The van der Waals surface area contributed by atoms with Crippen LogP contribution in [0.2, 0.25) is 0 Å². The lowest BCUT2D eigenvalue weighted by Gasteiger charge is -2.43. The maximum atomic E-state index is 2.36. The molecule has 0 nitrogen and oxygen atoms in total. The number of hydrogen-bond donors (Lipinski definition) is 0. The Morgan fingerprint density at radius 3 is 1.79 bits per heavy atom. The fourth-order valence-corrected chi connectivity index (χ4v) is 6.33. The Kier molecular flexibility index (Phi) is 3.17. The van der Waals surface area contributed by atoms with Gasteiger partial charge in [-0.2, -0.15) is 12.1 Å². The van der Waals surface area contributed by atoms with E-state index in [1.165, 1.54) is 0 Å². The van der Waals surface area contributed by atoms with E-state index in [9.17, 15) is 0 Å². The minimum atomic E-state index is -0.101. The van der Waals surface area contributed by atoms with Crippen LogP contribution >= 0.6 is 7.92 Å². The van der Waals surface area contributed by atoms with Crippen molar-refractivity contribution in [2.75, 3.05) is 0 Å². The molecular weight excluding hydrogens is 187 g/mol. The molecule has 1 aromatic rings. The molecule has 1 aromatic carbocycles. The van der Waals surface area contributed by atoms with Crippen molar-refractivity contribution in [1.82, 2.24) is 0 Å². The molecule has 0 aromatic heterocycles. The standard InChI is InChI=1S/C13H22P/c1-12(2,3)14(13(4,5)6)11-9-7-8-10-11/h7-10H,1-6H3/q-1. The normalized spacial score (nSPS) is 13.6. The summed E-state index contributed by atoms with van der Waals surface area (Å²) in [5.74, 6) is 0. The van der Waals surface area contributed by atoms with Crippen molar-refractivity contribution in [2.24, 2.45) is 0 Å². The zero-order chi connectivity index (χ0) is 11.0. The Hall–Kier alpha value is -0.220. The van der Waals surface area contributed by atoms with Gasteiger partial charge >= 0.3 is 0 Å². The molecule has 0 N–H and O–H groups in total. The Bertz CT molecular complexity index is 255. The van der Waals surface area contributed by atoms with Gasteiger partial charge in [-0.3, -0.25) is 0 Å². The molecule has 0 radical (unpaired) electrons. The highest BCUT2D eigenvalue weighted by Crippen LogP contribution is 2.58. The van der Waals surface area contributed by atoms with Gasteiger partial charge in [0, 0.05) is 0 Å². The summed E-state index contributed by atoms with van der Waals surface area (Å²) in [6, 6.07) is 8.87. The first-order valence-electron chi connectivity index (χ1n) is 5.25. The topological polar surface area (TPSA) is 0 Å². The Morgan fingerprint density at radius 1 is 1.00 bits per heavy atom. The summed E-state index contributed by atoms with van der Waals surface area (Å²) < 4.78 is 0. The molecule has 0 unspecified atom stereocenters. The molecule has 0 saturated carbocycles. The van der Waals surface area contributed by atoms with E-state index in [1.807, 2.05) is 0 Å². The average Bonchev–Trinajstić information content (AvgIpc) is 2.31. The largest absolute Gasteiger partial charge is 0.213 e. The van der Waals surface area contributed by atoms with E-state index in [1.54, 1.807) is 5.30 Å². The van der Waals surface area contributed by atoms with E-state index in [2.05, 4.69) is 65.8 Å². The molecule has 0 spiro atoms. The van der Waals surface area contributed by atoms with Crippen LogP contribution in [0.3, 0.4) is 0 Å². The van der Waals surface area contributed by atoms with Crippen molar-refractivity contribution < 1.29 is 0 Å². The molecule has 0 bridgehead atoms. The van der Waals surface area contributed by atoms with Crippen LogP contribution in [-0.4, -0.2) is 10.3 Å². The second kappa shape index (κ2) is 3.74. The smallest absolute Gasteiger partial charge is 0.0154 e. The molecule has 0 fully saturated rings. The summed E-state index contributed by atoms with van der Waals surface area (Å²) in [5, 5.41) is 2.32. The van der Waals surface area contributed by atoms with Gasteiger partial charge in [-0.25, -0.2) is 12.1 Å². The van der Waals surface area contributed by atoms with Gasteiger partial charge < -0.3 is 0 Å². The molecule has 80 valence electrons. The molecule has 14 heavy (non-hydrogen) atoms. The third-order valence-corrected chi connectivity index (χ3v) is 5.74. The predicted molar refractivity (Wildman–Crippen MR) is 68.1 cm³/mol. The van der Waals surface area contributed by atoms with Crippen molar-refractivity contribution >= 4 is 13.2 Å². The molecule has 0 amide bonds. The maximum absolute atomic E-state index is 2.36. The van der Waals surface area contributed by atoms with Gasteiger partial charge in [0.2, 0.25) is 0 Å². The van der Waals surface area contributed by atoms with Crippen LogP contribution in [0.1, 0.15) is 41.5 Å². The summed E-state index contributed by atoms with van der Waals surface area (Å²) in [4.78, 5) is 0. The molecule has 0 aliphatic carbocycles. The van der Waals surface area contributed by atoms with E-state index in [-0.39, 0.29) is 7.92 Å². The minimum absolute atomic E-state index is 0.101. The lowest BCUT2D eigenvalue weighted by Crippen LogP contribution is -2.30. The molecule has 0 atom stereocenters. The first kappa shape index (κ1) is 11.9. The molecular formula is C13H22P-. The molecule has 0 heterocycles. The van der Waals surface area contributed by atoms with Gasteiger partial charge in [-0.1, -0.05) is 49.5 Å². The van der Waals surface area contributed by atoms with E-state index < -0.39 is 0 Å². The lowest BCUT2D eigenvalue weighted by atomic mass is 10.2. The van der Waals surface area contributed by atoms with Crippen molar-refractivity contribution in [1.29, 1.82) is 0 Å². The van der Waals surface area contributed by atoms with Gasteiger partial charge in [-0.15, -0.1) is 5.30 Å². The van der Waals surface area contributed by atoms with Crippen molar-refractivity contribution in [3.8, 4) is 0 Å². The van der Waals surface area contributed by atoms with E-state index in [4.69, 9.17) is 0 Å². The summed E-state index contributed by atoms with van der Waals surface area (Å²) in [7, 11) is -0.101. The van der Waals surface area contributed by atoms with Crippen molar-refractivity contribution in [3.63, 3.8) is 0 Å². The van der Waals surface area contributed by atoms with Crippen LogP contribution in [0.5, 0.6) is 0 Å². The Labute approximate surface area is 89.8 Å². The van der Waals surface area contributed by atoms with E-state index in [0.29, 0.717) is 10.3 Å². The molecule has 1 heteroatoms. The zero-order valence-electron chi connectivity index (χ0n) is 10.3. The SMILES string of the molecule is CC(C)(C)P(c1ccc[cH-]1)C(C)(C)C. The Balaban J connectivity index is 3.08. The number of rotatable bonds is 1. The third-order valence-electron chi connectivity index (χ3n) is 2.24. The van der Waals surface area contributed by atoms with Gasteiger partial charge in [0.1, 0.15) is 0 Å². The van der Waals surface area contributed by atoms with Crippen LogP contribution in [-0.2, 0) is 0 Å². The lowest BCUT2D eigenvalue weighted by molar-refractivity contribution is 0.715. The van der Waals surface area contributed by atoms with E-state index in [0.717, 1.165) is 0 Å². The molecule has 0 aliphatic heterocycles. The summed E-state index contributed by atoms with van der Waals surface area (Å²) in [6.45, 7) is 14.1. The number of hydrogen-bond acceptors (Lipinski definition) is 0. The third kappa shape index (κ3) is 2.64. The summed E-state index contributed by atoms with van der Waals surface area (Å²) >= 11 is 0. The maximum Gasteiger partial charge on any atom is -0.0154 e. The minimum Gasteiger partial charge on any atom is -0.213 e. The quantitative estimate of drug-likeness (QED) is 0.482. The Morgan fingerprint density at radius 2 is 1.50 bits per heavy atom. The molecule has 0 aliphatic rings. The van der Waals surface area contributed by atoms with Gasteiger partial charge in [0.05, 0.1) is 0 Å². The highest BCUT2D eigenvalue weighted by atomic mass is 31.1. The van der Waals surface area contributed by atoms with Crippen LogP contribution in [0, 0.1) is 0 Å². The van der Waals surface area contributed by atoms with Crippen LogP contribution in [0.15, 0.2) is 24.3 Å². The van der Waals surface area contributed by atoms with Gasteiger partial charge in [0.15, 0.2) is 0 Å². The van der Waals surface area contributed by atoms with Crippen LogP contribution < -0.4 is 5.30 Å². The molecule has 1 rings (SSSR count). The molecule has 0 saturated heterocycles. The first-order valence-corrected chi connectivity index (χ1v) is 6.59. The summed E-state index contributed by atoms with van der Waals surface area (Å²) in [5.41, 5.74) is 0. The predicted octanol–water partition coefficient (Wildman–Crippen LogP) is 4.11. The van der Waals surface area contributed by atoms with Crippen LogP contribution in [0.4, 0.5) is 0 Å². The zero-order valence-corrected chi connectivity index (χ0v) is 11.2. The fraction of sp³-hybridized carbons (Fsp3) is 0.615. The van der Waals surface area contributed by atoms with Crippen LogP contribution in [0.25, 0.3) is 0 Å². The van der Waals surface area contributed by atoms with E-state index >= 15 is 0 Å². The highest BCUT2D eigenvalue weighted by molar-refractivity contribution is 7.68. The van der Waals surface area contributed by atoms with Gasteiger partial charge in [0.25, 0.3) is 0 Å². The first-order chi connectivity index (χ1) is 6.23. The van der Waals surface area contributed by atoms with Crippen molar-refractivity contribution in [3.05, 3.63) is 24.3 Å². The van der Waals surface area contributed by atoms with Gasteiger partial charge in [-0.05, 0) is 10.3 Å². The average molecular weight is 209 g/mol. The monoisotopic (exact) mass is 209 g/mol. The highest BCUT2D eigenvalue weighted by Gasteiger charge is 2.33. The summed E-state index contributed by atoms with van der Waals surface area (Å²) in [6.07, 6.45) is 0. The van der Waals surface area contributed by atoms with Crippen molar-refractivity contribution in [2.45, 2.75) is 51.9 Å². The second-order valence-corrected chi connectivity index (χ2v) is 9.69. The fourth-order valence-electron chi connectivity index (χ4n) is 2.29.